The van der Waals surface area contributed by atoms with E-state index >= 15 is 0 Å². The molecule has 11 heteroatoms. The van der Waals surface area contributed by atoms with Crippen molar-refractivity contribution in [3.8, 4) is 17.0 Å². The molecule has 0 spiro atoms. The average molecular weight is 517 g/mol. The number of nitrogens with one attached hydrogen (secondary N) is 2. The second kappa shape index (κ2) is 9.94. The predicted molar refractivity (Wildman–Crippen MR) is 135 cm³/mol. The van der Waals surface area contributed by atoms with E-state index in [1.807, 2.05) is 11.6 Å². The maximum absolute atomic E-state index is 13.7. The van der Waals surface area contributed by atoms with E-state index in [4.69, 9.17) is 4.98 Å². The monoisotopic (exact) mass is 516 g/mol. The Morgan fingerprint density at radius 1 is 1.17 bits per heavy atom. The lowest BCUT2D eigenvalue weighted by Crippen LogP contribution is -2.43. The Morgan fingerprint density at radius 2 is 1.89 bits per heavy atom. The van der Waals surface area contributed by atoms with Crippen molar-refractivity contribution in [1.82, 2.24) is 30.0 Å². The Hall–Kier alpha value is -3.37. The van der Waals surface area contributed by atoms with E-state index in [1.165, 1.54) is 6.20 Å². The number of phenolic OH excluding ortho intramolecular Hbond substituents is 1. The average Bonchev–Trinajstić information content (AvgIpc) is 3.13. The summed E-state index contributed by atoms with van der Waals surface area (Å²) >= 11 is 0. The van der Waals surface area contributed by atoms with Crippen LogP contribution in [0.15, 0.2) is 35.3 Å². The van der Waals surface area contributed by atoms with Crippen LogP contribution in [0.3, 0.4) is 0 Å². The van der Waals surface area contributed by atoms with E-state index in [0.717, 1.165) is 24.5 Å². The van der Waals surface area contributed by atoms with Gasteiger partial charge in [-0.1, -0.05) is 6.07 Å². The SMILES string of the molecule is Cc1nn(C2CC(C)NC(C)C2)c2nc(Cc3ccc(-c4cc(F)cc(F)c4O)nc3)[nH]c(=O)c12.Cl. The molecule has 0 saturated carbocycles. The van der Waals surface area contributed by atoms with Crippen molar-refractivity contribution in [2.24, 2.45) is 0 Å². The lowest BCUT2D eigenvalue weighted by atomic mass is 9.95. The Bertz CT molecular complexity index is 1460. The number of aromatic nitrogens is 5. The maximum Gasteiger partial charge on any atom is 0.262 e. The highest BCUT2D eigenvalue weighted by atomic mass is 35.5. The smallest absolute Gasteiger partial charge is 0.262 e. The molecule has 36 heavy (non-hydrogen) atoms. The summed E-state index contributed by atoms with van der Waals surface area (Å²) in [5.41, 5.74) is 1.90. The van der Waals surface area contributed by atoms with Crippen molar-refractivity contribution in [2.75, 3.05) is 0 Å². The summed E-state index contributed by atoms with van der Waals surface area (Å²) < 4.78 is 29.2. The topological polar surface area (TPSA) is 109 Å². The molecule has 2 atom stereocenters. The first-order valence-corrected chi connectivity index (χ1v) is 11.6. The van der Waals surface area contributed by atoms with E-state index in [0.29, 0.717) is 47.1 Å². The molecule has 1 aromatic carbocycles. The van der Waals surface area contributed by atoms with Crippen molar-refractivity contribution in [3.05, 3.63) is 69.5 Å². The molecule has 4 heterocycles. The minimum absolute atomic E-state index is 0. The van der Waals surface area contributed by atoms with Crippen molar-refractivity contribution in [2.45, 2.75) is 58.2 Å². The van der Waals surface area contributed by atoms with Crippen molar-refractivity contribution in [1.29, 1.82) is 0 Å². The minimum atomic E-state index is -1.05. The zero-order valence-electron chi connectivity index (χ0n) is 20.0. The molecule has 3 aromatic heterocycles. The van der Waals surface area contributed by atoms with E-state index in [9.17, 15) is 18.7 Å². The van der Waals surface area contributed by atoms with Crippen molar-refractivity contribution < 1.29 is 13.9 Å². The van der Waals surface area contributed by atoms with Gasteiger partial charge in [0, 0.05) is 36.3 Å². The van der Waals surface area contributed by atoms with Gasteiger partial charge in [0.1, 0.15) is 17.0 Å². The number of pyridine rings is 1. The number of hydrogen-bond acceptors (Lipinski definition) is 6. The van der Waals surface area contributed by atoms with Gasteiger partial charge in [0.05, 0.1) is 17.4 Å². The van der Waals surface area contributed by atoms with E-state index in [2.05, 4.69) is 34.2 Å². The quantitative estimate of drug-likeness (QED) is 0.375. The number of aromatic amines is 1. The largest absolute Gasteiger partial charge is 0.504 e. The highest BCUT2D eigenvalue weighted by molar-refractivity contribution is 5.85. The van der Waals surface area contributed by atoms with Crippen LogP contribution in [0.5, 0.6) is 5.75 Å². The predicted octanol–water partition coefficient (Wildman–Crippen LogP) is 4.19. The fourth-order valence-corrected chi connectivity index (χ4v) is 4.97. The standard InChI is InChI=1S/C25H26F2N6O2.ClH/c1-12-6-17(7-13(2)29-12)33-24-22(14(3)32-33)25(35)31-21(30-24)8-15-4-5-20(28-11-15)18-9-16(26)10-19(27)23(18)34;/h4-5,9-13,17,29,34H,6-8H2,1-3H3,(H,30,31,35);1H. The summed E-state index contributed by atoms with van der Waals surface area (Å²) in [5.74, 6) is -2.05. The molecule has 0 amide bonds. The number of rotatable bonds is 4. The zero-order chi connectivity index (χ0) is 24.9. The Kier molecular flexibility index (Phi) is 7.10. The summed E-state index contributed by atoms with van der Waals surface area (Å²) in [6.07, 6.45) is 3.61. The molecule has 1 saturated heterocycles. The summed E-state index contributed by atoms with van der Waals surface area (Å²) in [6, 6.07) is 5.72. The van der Waals surface area contributed by atoms with Gasteiger partial charge >= 0.3 is 0 Å². The molecule has 1 aliphatic heterocycles. The first-order valence-electron chi connectivity index (χ1n) is 11.6. The summed E-state index contributed by atoms with van der Waals surface area (Å²) in [5, 5.41) is 18.6. The third-order valence-electron chi connectivity index (χ3n) is 6.45. The molecule has 1 fully saturated rings. The zero-order valence-corrected chi connectivity index (χ0v) is 20.9. The Morgan fingerprint density at radius 3 is 2.56 bits per heavy atom. The van der Waals surface area contributed by atoms with Gasteiger partial charge in [-0.15, -0.1) is 12.4 Å². The van der Waals surface area contributed by atoms with Gasteiger partial charge in [-0.05, 0) is 51.3 Å². The molecule has 0 bridgehead atoms. The van der Waals surface area contributed by atoms with Gasteiger partial charge < -0.3 is 15.4 Å². The summed E-state index contributed by atoms with van der Waals surface area (Å²) in [6.45, 7) is 6.10. The third kappa shape index (κ3) is 4.83. The first-order chi connectivity index (χ1) is 16.7. The van der Waals surface area contributed by atoms with Crippen LogP contribution in [0.1, 0.15) is 49.8 Å². The number of halogens is 3. The van der Waals surface area contributed by atoms with Crippen molar-refractivity contribution >= 4 is 23.4 Å². The number of aromatic hydroxyl groups is 1. The highest BCUT2D eigenvalue weighted by Crippen LogP contribution is 2.31. The number of hydrogen-bond donors (Lipinski definition) is 3. The molecule has 3 N–H and O–H groups in total. The molecule has 190 valence electrons. The second-order valence-corrected chi connectivity index (χ2v) is 9.35. The summed E-state index contributed by atoms with van der Waals surface area (Å²) in [4.78, 5) is 24.7. The lowest BCUT2D eigenvalue weighted by Gasteiger charge is -2.33. The second-order valence-electron chi connectivity index (χ2n) is 9.35. The molecule has 2 unspecified atom stereocenters. The van der Waals surface area contributed by atoms with Crippen LogP contribution < -0.4 is 10.9 Å². The number of benzene rings is 1. The van der Waals surface area contributed by atoms with Crippen LogP contribution in [0, 0.1) is 18.6 Å². The Labute approximate surface area is 212 Å². The minimum Gasteiger partial charge on any atom is -0.504 e. The normalized spacial score (nSPS) is 19.9. The number of fused-ring (bicyclic) bond motifs is 1. The number of piperidine rings is 1. The lowest BCUT2D eigenvalue weighted by molar-refractivity contribution is 0.253. The van der Waals surface area contributed by atoms with Crippen LogP contribution in [-0.2, 0) is 6.42 Å². The van der Waals surface area contributed by atoms with Crippen LogP contribution in [0.25, 0.3) is 22.3 Å². The molecule has 0 aliphatic carbocycles. The van der Waals surface area contributed by atoms with Gasteiger partial charge in [-0.3, -0.25) is 9.78 Å². The van der Waals surface area contributed by atoms with Crippen LogP contribution >= 0.6 is 12.4 Å². The van der Waals surface area contributed by atoms with E-state index in [-0.39, 0.29) is 35.3 Å². The van der Waals surface area contributed by atoms with Gasteiger partial charge in [0.25, 0.3) is 5.56 Å². The fourth-order valence-electron chi connectivity index (χ4n) is 4.97. The Balaban J connectivity index is 0.00000304. The number of phenols is 1. The molecule has 1 aliphatic rings. The molecule has 4 aromatic rings. The molecule has 0 radical (unpaired) electrons. The number of H-pyrrole nitrogens is 1. The maximum atomic E-state index is 13.7. The molecular formula is C25H27ClF2N6O2. The van der Waals surface area contributed by atoms with Gasteiger partial charge in [0.15, 0.2) is 17.2 Å². The van der Waals surface area contributed by atoms with Crippen LogP contribution in [-0.4, -0.2) is 41.9 Å². The number of nitrogens with zero attached hydrogens (tertiary/aromatic N) is 4. The van der Waals surface area contributed by atoms with E-state index < -0.39 is 17.4 Å². The van der Waals surface area contributed by atoms with E-state index in [1.54, 1.807) is 12.1 Å². The summed E-state index contributed by atoms with van der Waals surface area (Å²) in [7, 11) is 0. The van der Waals surface area contributed by atoms with Gasteiger partial charge in [-0.25, -0.2) is 18.4 Å². The number of aryl methyl sites for hydroxylation is 1. The van der Waals surface area contributed by atoms with Gasteiger partial charge in [0.2, 0.25) is 0 Å². The highest BCUT2D eigenvalue weighted by Gasteiger charge is 2.28. The first kappa shape index (κ1) is 25.7. The van der Waals surface area contributed by atoms with Crippen molar-refractivity contribution in [3.63, 3.8) is 0 Å². The molecular weight excluding hydrogens is 490 g/mol. The molecule has 8 nitrogen and oxygen atoms in total. The van der Waals surface area contributed by atoms with Crippen LogP contribution in [0.2, 0.25) is 0 Å². The third-order valence-corrected chi connectivity index (χ3v) is 6.45. The van der Waals surface area contributed by atoms with Gasteiger partial charge in [-0.2, -0.15) is 5.10 Å². The fraction of sp³-hybridized carbons (Fsp3) is 0.360. The van der Waals surface area contributed by atoms with Crippen LogP contribution in [0.4, 0.5) is 8.78 Å². The molecule has 5 rings (SSSR count).